The van der Waals surface area contributed by atoms with Gasteiger partial charge < -0.3 is 9.64 Å². The van der Waals surface area contributed by atoms with E-state index in [1.54, 1.807) is 0 Å². The van der Waals surface area contributed by atoms with Crippen molar-refractivity contribution in [2.24, 2.45) is 0 Å². The second-order valence-corrected chi connectivity index (χ2v) is 5.22. The molecule has 20 heavy (non-hydrogen) atoms. The van der Waals surface area contributed by atoms with Gasteiger partial charge in [0.15, 0.2) is 0 Å². The summed E-state index contributed by atoms with van der Waals surface area (Å²) in [4.78, 5) is 2.28. The van der Waals surface area contributed by atoms with Crippen molar-refractivity contribution in [2.45, 2.75) is 19.4 Å². The van der Waals surface area contributed by atoms with Crippen LogP contribution in [0.15, 0.2) is 30.3 Å². The first-order valence-electron chi connectivity index (χ1n) is 6.88. The largest absolute Gasteiger partial charge is 0.377 e. The number of hydrogen-bond donors (Lipinski definition) is 1. The van der Waals surface area contributed by atoms with Gasteiger partial charge in [0.1, 0.15) is 0 Å². The van der Waals surface area contributed by atoms with Crippen LogP contribution in [0.3, 0.4) is 0 Å². The topological polar surface area (TPSA) is 46.1 Å². The third-order valence-electron chi connectivity index (χ3n) is 3.62. The Morgan fingerprint density at radius 1 is 1.40 bits per heavy atom. The number of aromatic nitrogens is 3. The Bertz CT molecular complexity index is 622. The van der Waals surface area contributed by atoms with Gasteiger partial charge in [-0.15, -0.1) is 5.10 Å². The standard InChI is InChI=1S/C14H18N4OS/c1-2-11-10-19-9-8-17(11)13-15-16-14(20)18(13)12-6-4-3-5-7-12/h3-7,11H,2,8-10H2,1H3,(H,16,20). The minimum atomic E-state index is 0.344. The average molecular weight is 290 g/mol. The Morgan fingerprint density at radius 2 is 2.20 bits per heavy atom. The molecule has 0 amide bonds. The van der Waals surface area contributed by atoms with E-state index in [0.29, 0.717) is 10.8 Å². The number of H-pyrrole nitrogens is 1. The summed E-state index contributed by atoms with van der Waals surface area (Å²) in [6, 6.07) is 10.4. The van der Waals surface area contributed by atoms with E-state index >= 15 is 0 Å². The first kappa shape index (κ1) is 13.3. The van der Waals surface area contributed by atoms with E-state index in [4.69, 9.17) is 17.0 Å². The molecule has 106 valence electrons. The Hall–Kier alpha value is -1.66. The van der Waals surface area contributed by atoms with Crippen LogP contribution in [0.25, 0.3) is 5.69 Å². The lowest BCUT2D eigenvalue weighted by atomic mass is 10.2. The van der Waals surface area contributed by atoms with E-state index in [2.05, 4.69) is 22.0 Å². The molecule has 2 aromatic rings. The quantitative estimate of drug-likeness (QED) is 0.883. The molecule has 0 radical (unpaired) electrons. The fraction of sp³-hybridized carbons (Fsp3) is 0.429. The molecule has 5 nitrogen and oxygen atoms in total. The summed E-state index contributed by atoms with van der Waals surface area (Å²) in [6.07, 6.45) is 1.02. The summed E-state index contributed by atoms with van der Waals surface area (Å²) in [5.74, 6) is 0.872. The van der Waals surface area contributed by atoms with Crippen molar-refractivity contribution in [3.8, 4) is 5.69 Å². The minimum absolute atomic E-state index is 0.344. The maximum atomic E-state index is 5.56. The summed E-state index contributed by atoms with van der Waals surface area (Å²) < 4.78 is 8.17. The molecule has 0 bridgehead atoms. The number of nitrogens with one attached hydrogen (secondary N) is 1. The number of nitrogens with zero attached hydrogens (tertiary/aromatic N) is 3. The number of morpholine rings is 1. The monoisotopic (exact) mass is 290 g/mol. The lowest BCUT2D eigenvalue weighted by molar-refractivity contribution is 0.0919. The van der Waals surface area contributed by atoms with Crippen LogP contribution in [0.4, 0.5) is 5.95 Å². The van der Waals surface area contributed by atoms with E-state index in [9.17, 15) is 0 Å². The molecule has 2 heterocycles. The van der Waals surface area contributed by atoms with Gasteiger partial charge in [-0.3, -0.25) is 4.57 Å². The predicted molar refractivity (Wildman–Crippen MR) is 81.0 cm³/mol. The van der Waals surface area contributed by atoms with Gasteiger partial charge in [0, 0.05) is 6.54 Å². The molecule has 1 fully saturated rings. The highest BCUT2D eigenvalue weighted by Crippen LogP contribution is 2.23. The molecular formula is C14H18N4OS. The zero-order valence-corrected chi connectivity index (χ0v) is 12.3. The van der Waals surface area contributed by atoms with E-state index in [0.717, 1.165) is 37.8 Å². The van der Waals surface area contributed by atoms with Crippen LogP contribution in [0.5, 0.6) is 0 Å². The van der Waals surface area contributed by atoms with Gasteiger partial charge >= 0.3 is 0 Å². The van der Waals surface area contributed by atoms with E-state index in [1.807, 2.05) is 34.9 Å². The van der Waals surface area contributed by atoms with E-state index < -0.39 is 0 Å². The van der Waals surface area contributed by atoms with Crippen molar-refractivity contribution in [2.75, 3.05) is 24.7 Å². The molecule has 1 aromatic heterocycles. The molecule has 1 aromatic carbocycles. The van der Waals surface area contributed by atoms with Crippen LogP contribution in [0.1, 0.15) is 13.3 Å². The molecule has 3 rings (SSSR count). The Balaban J connectivity index is 2.04. The number of anilines is 1. The fourth-order valence-electron chi connectivity index (χ4n) is 2.55. The smallest absolute Gasteiger partial charge is 0.230 e. The van der Waals surface area contributed by atoms with Crippen LogP contribution in [-0.4, -0.2) is 40.6 Å². The van der Waals surface area contributed by atoms with Gasteiger partial charge in [-0.25, -0.2) is 5.10 Å². The van der Waals surface area contributed by atoms with Crippen molar-refractivity contribution >= 4 is 18.2 Å². The van der Waals surface area contributed by atoms with E-state index in [1.165, 1.54) is 0 Å². The molecule has 1 unspecified atom stereocenters. The first-order chi connectivity index (χ1) is 9.81. The predicted octanol–water partition coefficient (Wildman–Crippen LogP) is 2.55. The second kappa shape index (κ2) is 5.76. The molecule has 0 aliphatic carbocycles. The maximum absolute atomic E-state index is 5.56. The Morgan fingerprint density at radius 3 is 2.95 bits per heavy atom. The van der Waals surface area contributed by atoms with Crippen molar-refractivity contribution in [3.05, 3.63) is 35.1 Å². The highest BCUT2D eigenvalue weighted by Gasteiger charge is 2.26. The van der Waals surface area contributed by atoms with Crippen molar-refractivity contribution in [3.63, 3.8) is 0 Å². The fourth-order valence-corrected chi connectivity index (χ4v) is 2.78. The zero-order chi connectivity index (χ0) is 13.9. The normalized spacial score (nSPS) is 19.2. The molecule has 1 aliphatic rings. The SMILES string of the molecule is CCC1COCCN1c1n[nH]c(=S)n1-c1ccccc1. The summed E-state index contributed by atoms with van der Waals surface area (Å²) >= 11 is 5.39. The van der Waals surface area contributed by atoms with Crippen molar-refractivity contribution in [1.29, 1.82) is 0 Å². The van der Waals surface area contributed by atoms with Crippen LogP contribution in [0.2, 0.25) is 0 Å². The molecule has 1 N–H and O–H groups in total. The van der Waals surface area contributed by atoms with Crippen molar-refractivity contribution in [1.82, 2.24) is 14.8 Å². The van der Waals surface area contributed by atoms with Crippen molar-refractivity contribution < 1.29 is 4.74 Å². The van der Waals surface area contributed by atoms with Gasteiger partial charge in [0.25, 0.3) is 0 Å². The van der Waals surface area contributed by atoms with Crippen LogP contribution >= 0.6 is 12.2 Å². The molecular weight excluding hydrogens is 272 g/mol. The summed E-state index contributed by atoms with van der Waals surface area (Å²) in [5, 5.41) is 7.34. The second-order valence-electron chi connectivity index (χ2n) is 4.83. The minimum Gasteiger partial charge on any atom is -0.377 e. The summed E-state index contributed by atoms with van der Waals surface area (Å²) in [5.41, 5.74) is 1.03. The number of hydrogen-bond acceptors (Lipinski definition) is 4. The molecule has 1 aliphatic heterocycles. The molecule has 1 saturated heterocycles. The van der Waals surface area contributed by atoms with Gasteiger partial charge in [-0.2, -0.15) is 0 Å². The number of para-hydroxylation sites is 1. The first-order valence-corrected chi connectivity index (χ1v) is 7.29. The number of benzene rings is 1. The Kier molecular flexibility index (Phi) is 3.84. The molecule has 1 atom stereocenters. The number of ether oxygens (including phenoxy) is 1. The molecule has 6 heteroatoms. The van der Waals surface area contributed by atoms with Gasteiger partial charge in [0.05, 0.1) is 24.9 Å². The average Bonchev–Trinajstić information content (AvgIpc) is 2.89. The molecule has 0 saturated carbocycles. The Labute approximate surface area is 123 Å². The molecule has 0 spiro atoms. The van der Waals surface area contributed by atoms with Gasteiger partial charge in [-0.05, 0) is 30.8 Å². The number of aromatic amines is 1. The highest BCUT2D eigenvalue weighted by atomic mass is 32.1. The zero-order valence-electron chi connectivity index (χ0n) is 11.5. The summed E-state index contributed by atoms with van der Waals surface area (Å²) in [6.45, 7) is 4.47. The number of rotatable bonds is 3. The van der Waals surface area contributed by atoms with Crippen LogP contribution in [-0.2, 0) is 4.74 Å². The maximum Gasteiger partial charge on any atom is 0.230 e. The van der Waals surface area contributed by atoms with E-state index in [-0.39, 0.29) is 0 Å². The lowest BCUT2D eigenvalue weighted by Crippen LogP contribution is -2.46. The van der Waals surface area contributed by atoms with Gasteiger partial charge in [-0.1, -0.05) is 25.1 Å². The third kappa shape index (κ3) is 2.36. The highest BCUT2D eigenvalue weighted by molar-refractivity contribution is 7.71. The third-order valence-corrected chi connectivity index (χ3v) is 3.90. The lowest BCUT2D eigenvalue weighted by Gasteiger charge is -2.35. The van der Waals surface area contributed by atoms with Crippen LogP contribution < -0.4 is 4.90 Å². The summed E-state index contributed by atoms with van der Waals surface area (Å²) in [7, 11) is 0. The van der Waals surface area contributed by atoms with Crippen LogP contribution in [0, 0.1) is 4.77 Å². The van der Waals surface area contributed by atoms with Gasteiger partial charge in [0.2, 0.25) is 10.7 Å².